The number of carboxylic acids is 1. The molecule has 0 heterocycles. The number of hydrogen-bond acceptors (Lipinski definition) is 2. The second kappa shape index (κ2) is 7.02. The molecule has 112 valence electrons. The van der Waals surface area contributed by atoms with Gasteiger partial charge >= 0.3 is 5.97 Å². The van der Waals surface area contributed by atoms with Crippen molar-refractivity contribution >= 4 is 11.9 Å². The molecule has 2 rings (SSSR count). The quantitative estimate of drug-likeness (QED) is 0.820. The van der Waals surface area contributed by atoms with Gasteiger partial charge < -0.3 is 10.4 Å². The lowest BCUT2D eigenvalue weighted by Crippen LogP contribution is -2.35. The topological polar surface area (TPSA) is 66.4 Å². The Labute approximate surface area is 122 Å². The molecule has 4 nitrogen and oxygen atoms in total. The summed E-state index contributed by atoms with van der Waals surface area (Å²) in [4.78, 5) is 23.2. The molecule has 2 atom stereocenters. The van der Waals surface area contributed by atoms with E-state index in [1.54, 1.807) is 0 Å². The van der Waals surface area contributed by atoms with Gasteiger partial charge in [-0.25, -0.2) is 4.39 Å². The molecule has 2 N–H and O–H groups in total. The summed E-state index contributed by atoms with van der Waals surface area (Å²) in [6, 6.07) is 4.90. The van der Waals surface area contributed by atoms with Crippen LogP contribution in [0.5, 0.6) is 0 Å². The molecule has 0 bridgehead atoms. The molecule has 0 radical (unpaired) electrons. The Kier molecular flexibility index (Phi) is 5.09. The van der Waals surface area contributed by atoms with Gasteiger partial charge in [-0.1, -0.05) is 24.3 Å². The van der Waals surface area contributed by atoms with Gasteiger partial charge in [0.15, 0.2) is 0 Å². The molecule has 0 saturated heterocycles. The number of carbonyl (C=O) groups is 2. The van der Waals surface area contributed by atoms with Crippen LogP contribution >= 0.6 is 0 Å². The van der Waals surface area contributed by atoms with Crippen LogP contribution in [0.4, 0.5) is 4.39 Å². The van der Waals surface area contributed by atoms with E-state index < -0.39 is 17.8 Å². The van der Waals surface area contributed by atoms with E-state index in [1.165, 1.54) is 24.3 Å². The van der Waals surface area contributed by atoms with Crippen LogP contribution < -0.4 is 5.32 Å². The summed E-state index contributed by atoms with van der Waals surface area (Å²) in [7, 11) is 0. The highest BCUT2D eigenvalue weighted by molar-refractivity contribution is 5.80. The molecule has 1 aromatic rings. The molecule has 0 spiro atoms. The number of halogens is 1. The normalized spacial score (nSPS) is 19.0. The first-order valence-corrected chi connectivity index (χ1v) is 6.99. The summed E-state index contributed by atoms with van der Waals surface area (Å²) in [6.45, 7) is 0. The fraction of sp³-hybridized carbons (Fsp3) is 0.375. The average Bonchev–Trinajstić information content (AvgIpc) is 2.48. The number of amides is 1. The Balaban J connectivity index is 2.08. The van der Waals surface area contributed by atoms with Gasteiger partial charge in [-0.3, -0.25) is 9.59 Å². The van der Waals surface area contributed by atoms with Crippen molar-refractivity contribution in [3.05, 3.63) is 47.8 Å². The number of aliphatic carboxylic acids is 1. The number of nitrogens with one attached hydrogen (secondary N) is 1. The highest BCUT2D eigenvalue weighted by Crippen LogP contribution is 2.22. The first-order valence-electron chi connectivity index (χ1n) is 6.99. The third kappa shape index (κ3) is 4.41. The second-order valence-electron chi connectivity index (χ2n) is 5.19. The van der Waals surface area contributed by atoms with Crippen LogP contribution in [0.1, 0.15) is 37.3 Å². The predicted molar refractivity (Wildman–Crippen MR) is 76.0 cm³/mol. The molecule has 1 amide bonds. The molecular formula is C16H18FNO3. The lowest BCUT2D eigenvalue weighted by molar-refractivity contribution is -0.138. The Morgan fingerprint density at radius 3 is 2.57 bits per heavy atom. The number of allylic oxidation sites excluding steroid dienone is 2. The second-order valence-corrected chi connectivity index (χ2v) is 5.19. The van der Waals surface area contributed by atoms with Crippen LogP contribution in [0.3, 0.4) is 0 Å². The standard InChI is InChI=1S/C16H18FNO3/c17-13-8-6-11(7-9-13)14(10-15(19)20)18-16(21)12-4-2-1-3-5-12/h1-2,6-9,12,14H,3-5,10H2,(H,18,21)(H,19,20)/t12-,14-/m0/s1. The minimum atomic E-state index is -1.01. The van der Waals surface area contributed by atoms with Gasteiger partial charge in [0.25, 0.3) is 0 Å². The van der Waals surface area contributed by atoms with E-state index in [-0.39, 0.29) is 18.2 Å². The van der Waals surface area contributed by atoms with Gasteiger partial charge in [-0.05, 0) is 37.0 Å². The largest absolute Gasteiger partial charge is 0.481 e. The molecule has 21 heavy (non-hydrogen) atoms. The summed E-state index contributed by atoms with van der Waals surface area (Å²) in [6.07, 6.45) is 6.09. The fourth-order valence-corrected chi connectivity index (χ4v) is 2.44. The highest BCUT2D eigenvalue weighted by atomic mass is 19.1. The zero-order valence-corrected chi connectivity index (χ0v) is 11.6. The van der Waals surface area contributed by atoms with E-state index in [0.29, 0.717) is 12.0 Å². The van der Waals surface area contributed by atoms with Crippen LogP contribution in [-0.4, -0.2) is 17.0 Å². The molecule has 1 aliphatic rings. The zero-order chi connectivity index (χ0) is 15.2. The summed E-state index contributed by atoms with van der Waals surface area (Å²) >= 11 is 0. The molecule has 1 aliphatic carbocycles. The Morgan fingerprint density at radius 1 is 1.29 bits per heavy atom. The molecule has 1 aromatic carbocycles. The maximum atomic E-state index is 13.0. The molecule has 0 saturated carbocycles. The van der Waals surface area contributed by atoms with E-state index in [9.17, 15) is 14.0 Å². The number of carbonyl (C=O) groups excluding carboxylic acids is 1. The Hall–Kier alpha value is -2.17. The molecule has 0 unspecified atom stereocenters. The number of benzene rings is 1. The van der Waals surface area contributed by atoms with E-state index in [2.05, 4.69) is 5.32 Å². The molecular weight excluding hydrogens is 273 g/mol. The lowest BCUT2D eigenvalue weighted by Gasteiger charge is -2.22. The maximum Gasteiger partial charge on any atom is 0.305 e. The van der Waals surface area contributed by atoms with Gasteiger partial charge in [-0.15, -0.1) is 0 Å². The molecule has 0 aromatic heterocycles. The third-order valence-electron chi connectivity index (χ3n) is 3.61. The fourth-order valence-electron chi connectivity index (χ4n) is 2.44. The van der Waals surface area contributed by atoms with E-state index in [0.717, 1.165) is 12.8 Å². The van der Waals surface area contributed by atoms with Gasteiger partial charge in [0, 0.05) is 5.92 Å². The third-order valence-corrected chi connectivity index (χ3v) is 3.61. The van der Waals surface area contributed by atoms with Crippen molar-refractivity contribution in [3.8, 4) is 0 Å². The zero-order valence-electron chi connectivity index (χ0n) is 11.6. The highest BCUT2D eigenvalue weighted by Gasteiger charge is 2.24. The summed E-state index contributed by atoms with van der Waals surface area (Å²) < 4.78 is 13.0. The maximum absolute atomic E-state index is 13.0. The van der Waals surface area contributed by atoms with E-state index in [1.807, 2.05) is 12.2 Å². The summed E-state index contributed by atoms with van der Waals surface area (Å²) in [5, 5.41) is 11.8. The van der Waals surface area contributed by atoms with E-state index in [4.69, 9.17) is 5.11 Å². The van der Waals surface area contributed by atoms with Crippen molar-refractivity contribution in [1.82, 2.24) is 5.32 Å². The monoisotopic (exact) mass is 291 g/mol. The molecule has 5 heteroatoms. The smallest absolute Gasteiger partial charge is 0.305 e. The van der Waals surface area contributed by atoms with Crippen molar-refractivity contribution in [2.75, 3.05) is 0 Å². The van der Waals surface area contributed by atoms with Crippen molar-refractivity contribution in [2.24, 2.45) is 5.92 Å². The van der Waals surface area contributed by atoms with Crippen molar-refractivity contribution in [3.63, 3.8) is 0 Å². The molecule has 0 aliphatic heterocycles. The number of rotatable bonds is 5. The van der Waals surface area contributed by atoms with E-state index >= 15 is 0 Å². The lowest BCUT2D eigenvalue weighted by atomic mass is 9.92. The van der Waals surface area contributed by atoms with Crippen LogP contribution in [0.25, 0.3) is 0 Å². The first-order chi connectivity index (χ1) is 10.1. The van der Waals surface area contributed by atoms with Gasteiger partial charge in [0.05, 0.1) is 12.5 Å². The van der Waals surface area contributed by atoms with Gasteiger partial charge in [0.1, 0.15) is 5.82 Å². The minimum Gasteiger partial charge on any atom is -0.481 e. The summed E-state index contributed by atoms with van der Waals surface area (Å²) in [5.74, 6) is -1.66. The Bertz CT molecular complexity index is 539. The van der Waals surface area contributed by atoms with Crippen molar-refractivity contribution in [1.29, 1.82) is 0 Å². The Morgan fingerprint density at radius 2 is 2.00 bits per heavy atom. The van der Waals surface area contributed by atoms with Crippen LogP contribution in [-0.2, 0) is 9.59 Å². The van der Waals surface area contributed by atoms with Crippen molar-refractivity contribution in [2.45, 2.75) is 31.7 Å². The van der Waals surface area contributed by atoms with Gasteiger partial charge in [-0.2, -0.15) is 0 Å². The minimum absolute atomic E-state index is 0.119. The number of hydrogen-bond donors (Lipinski definition) is 2. The van der Waals surface area contributed by atoms with Gasteiger partial charge in [0.2, 0.25) is 5.91 Å². The SMILES string of the molecule is O=C(O)C[C@H](NC(=O)[C@H]1CC=CCC1)c1ccc(F)cc1. The summed E-state index contributed by atoms with van der Waals surface area (Å²) in [5.41, 5.74) is 0.596. The van der Waals surface area contributed by atoms with Crippen LogP contribution in [0, 0.1) is 11.7 Å². The van der Waals surface area contributed by atoms with Crippen LogP contribution in [0.15, 0.2) is 36.4 Å². The molecule has 0 fully saturated rings. The predicted octanol–water partition coefficient (Wildman–Crippen LogP) is 2.81. The average molecular weight is 291 g/mol. The van der Waals surface area contributed by atoms with Crippen LogP contribution in [0.2, 0.25) is 0 Å². The number of carboxylic acid groups (broad SMARTS) is 1. The van der Waals surface area contributed by atoms with Crippen molar-refractivity contribution < 1.29 is 19.1 Å². The first kappa shape index (κ1) is 15.2.